The first kappa shape index (κ1) is 25.1. The van der Waals surface area contributed by atoms with Gasteiger partial charge in [0.1, 0.15) is 17.4 Å². The molecule has 1 aliphatic rings. The second-order valence-corrected chi connectivity index (χ2v) is 12.4. The van der Waals surface area contributed by atoms with E-state index < -0.39 is 37.7 Å². The standard InChI is InChI=1S/C22H25FN4O6S2/c1-13-12-26(34(3,29)30)9-10-27(35(4,31)32)20-16(13)11-17-18(21(28)24-2)19(33-22(17)25-20)14-5-7-15(23)8-6-14/h5-8,11,13H,9-10,12H2,1-4H3,(H,24,28). The van der Waals surface area contributed by atoms with Crippen molar-refractivity contribution in [3.63, 3.8) is 0 Å². The van der Waals surface area contributed by atoms with Crippen molar-refractivity contribution in [1.82, 2.24) is 14.6 Å². The minimum atomic E-state index is -3.83. The molecular formula is C22H25FN4O6S2. The number of carbonyl (C=O) groups excluding carboxylic acids is 1. The lowest BCUT2D eigenvalue weighted by Gasteiger charge is -2.33. The van der Waals surface area contributed by atoms with Crippen LogP contribution in [-0.4, -0.2) is 71.2 Å². The maximum Gasteiger partial charge on any atom is 0.255 e. The summed E-state index contributed by atoms with van der Waals surface area (Å²) in [4.78, 5) is 17.4. The summed E-state index contributed by atoms with van der Waals surface area (Å²) in [6.45, 7) is 1.68. The Morgan fingerprint density at radius 2 is 1.77 bits per heavy atom. The fraction of sp³-hybridized carbons (Fsp3) is 0.364. The number of fused-ring (bicyclic) bond motifs is 2. The van der Waals surface area contributed by atoms with Crippen LogP contribution in [0.25, 0.3) is 22.4 Å². The largest absolute Gasteiger partial charge is 0.437 e. The van der Waals surface area contributed by atoms with Crippen LogP contribution in [0.1, 0.15) is 28.8 Å². The molecular weight excluding hydrogens is 499 g/mol. The van der Waals surface area contributed by atoms with Crippen molar-refractivity contribution in [2.24, 2.45) is 0 Å². The molecule has 35 heavy (non-hydrogen) atoms. The maximum atomic E-state index is 13.5. The summed E-state index contributed by atoms with van der Waals surface area (Å²) in [6.07, 6.45) is 2.09. The number of nitrogens with zero attached hydrogens (tertiary/aromatic N) is 3. The van der Waals surface area contributed by atoms with Gasteiger partial charge in [-0.25, -0.2) is 21.2 Å². The van der Waals surface area contributed by atoms with Crippen LogP contribution in [0.4, 0.5) is 10.2 Å². The Labute approximate surface area is 202 Å². The van der Waals surface area contributed by atoms with Gasteiger partial charge in [-0.2, -0.15) is 9.29 Å². The molecule has 0 aliphatic carbocycles. The number of aromatic nitrogens is 1. The topological polar surface area (TPSA) is 130 Å². The Bertz CT molecular complexity index is 1520. The molecule has 1 atom stereocenters. The highest BCUT2D eigenvalue weighted by atomic mass is 32.2. The van der Waals surface area contributed by atoms with Gasteiger partial charge in [0.2, 0.25) is 25.8 Å². The van der Waals surface area contributed by atoms with E-state index in [0.717, 1.165) is 16.8 Å². The number of benzene rings is 1. The average Bonchev–Trinajstić information content (AvgIpc) is 3.13. The van der Waals surface area contributed by atoms with Gasteiger partial charge in [0.05, 0.1) is 23.5 Å². The molecule has 0 saturated heterocycles. The van der Waals surface area contributed by atoms with E-state index in [1.165, 1.54) is 35.6 Å². The van der Waals surface area contributed by atoms with Crippen molar-refractivity contribution in [1.29, 1.82) is 0 Å². The number of nitrogens with one attached hydrogen (secondary N) is 1. The van der Waals surface area contributed by atoms with Gasteiger partial charge in [0, 0.05) is 37.8 Å². The highest BCUT2D eigenvalue weighted by molar-refractivity contribution is 7.92. The van der Waals surface area contributed by atoms with Crippen molar-refractivity contribution in [2.75, 3.05) is 43.5 Å². The SMILES string of the molecule is CNC(=O)c1c(-c2ccc(F)cc2)oc2nc3c(cc12)C(C)CN(S(C)(=O)=O)CCN3S(C)(=O)=O. The summed E-state index contributed by atoms with van der Waals surface area (Å²) >= 11 is 0. The van der Waals surface area contributed by atoms with Gasteiger partial charge in [0.25, 0.3) is 5.91 Å². The first-order valence-corrected chi connectivity index (χ1v) is 14.4. The maximum absolute atomic E-state index is 13.5. The van der Waals surface area contributed by atoms with E-state index in [1.807, 2.05) is 0 Å². The molecule has 0 saturated carbocycles. The molecule has 1 unspecified atom stereocenters. The fourth-order valence-corrected chi connectivity index (χ4v) is 5.96. The lowest BCUT2D eigenvalue weighted by Crippen LogP contribution is -2.44. The second kappa shape index (κ2) is 8.88. The monoisotopic (exact) mass is 524 g/mol. The van der Waals surface area contributed by atoms with Crippen LogP contribution >= 0.6 is 0 Å². The van der Waals surface area contributed by atoms with Crippen LogP contribution in [0.3, 0.4) is 0 Å². The molecule has 0 bridgehead atoms. The summed E-state index contributed by atoms with van der Waals surface area (Å²) in [6, 6.07) is 7.01. The normalized spacial score (nSPS) is 17.6. The zero-order chi connectivity index (χ0) is 25.7. The number of hydrogen-bond donors (Lipinski definition) is 1. The zero-order valence-corrected chi connectivity index (χ0v) is 21.2. The van der Waals surface area contributed by atoms with E-state index in [4.69, 9.17) is 4.42 Å². The Morgan fingerprint density at radius 3 is 2.34 bits per heavy atom. The van der Waals surface area contributed by atoms with E-state index in [9.17, 15) is 26.0 Å². The molecule has 0 spiro atoms. The molecule has 1 aromatic carbocycles. The predicted octanol–water partition coefficient (Wildman–Crippen LogP) is 2.14. The molecule has 3 heterocycles. The third-order valence-electron chi connectivity index (χ3n) is 5.92. The first-order valence-electron chi connectivity index (χ1n) is 10.7. The summed E-state index contributed by atoms with van der Waals surface area (Å²) in [5.74, 6) is -1.12. The van der Waals surface area contributed by atoms with E-state index in [0.29, 0.717) is 16.5 Å². The highest BCUT2D eigenvalue weighted by Gasteiger charge is 2.33. The quantitative estimate of drug-likeness (QED) is 0.553. The molecule has 1 N–H and O–H groups in total. The third-order valence-corrected chi connectivity index (χ3v) is 8.34. The van der Waals surface area contributed by atoms with Gasteiger partial charge in [-0.05, 0) is 36.2 Å². The minimum absolute atomic E-state index is 0.0306. The van der Waals surface area contributed by atoms with Crippen LogP contribution in [0.2, 0.25) is 0 Å². The van der Waals surface area contributed by atoms with Crippen molar-refractivity contribution >= 4 is 42.9 Å². The Kier molecular flexibility index (Phi) is 6.36. The molecule has 0 fully saturated rings. The molecule has 3 aromatic rings. The van der Waals surface area contributed by atoms with E-state index in [-0.39, 0.29) is 42.5 Å². The Hall–Kier alpha value is -3.03. The molecule has 13 heteroatoms. The predicted molar refractivity (Wildman–Crippen MR) is 130 cm³/mol. The molecule has 0 radical (unpaired) electrons. The van der Waals surface area contributed by atoms with E-state index in [2.05, 4.69) is 10.3 Å². The summed E-state index contributed by atoms with van der Waals surface area (Å²) in [7, 11) is -5.98. The number of hydrogen-bond acceptors (Lipinski definition) is 7. The van der Waals surface area contributed by atoms with Crippen LogP contribution in [-0.2, 0) is 20.0 Å². The van der Waals surface area contributed by atoms with Crippen LogP contribution < -0.4 is 9.62 Å². The molecule has 4 rings (SSSR count). The number of anilines is 1. The fourth-order valence-electron chi connectivity index (χ4n) is 4.17. The number of sulfonamides is 2. The zero-order valence-electron chi connectivity index (χ0n) is 19.6. The van der Waals surface area contributed by atoms with Gasteiger partial charge in [0.15, 0.2) is 0 Å². The number of amides is 1. The lowest BCUT2D eigenvalue weighted by atomic mass is 9.98. The smallest absolute Gasteiger partial charge is 0.255 e. The number of halogens is 1. The Morgan fingerprint density at radius 1 is 1.11 bits per heavy atom. The van der Waals surface area contributed by atoms with Crippen molar-refractivity contribution < 1.29 is 30.4 Å². The molecule has 188 valence electrons. The van der Waals surface area contributed by atoms with Crippen LogP contribution in [0, 0.1) is 5.82 Å². The van der Waals surface area contributed by atoms with Crippen molar-refractivity contribution in [2.45, 2.75) is 12.8 Å². The number of pyridine rings is 1. The summed E-state index contributed by atoms with van der Waals surface area (Å²) in [5.41, 5.74) is 1.08. The second-order valence-electron chi connectivity index (χ2n) is 8.50. The summed E-state index contributed by atoms with van der Waals surface area (Å²) in [5, 5.41) is 2.89. The molecule has 2 aromatic heterocycles. The Balaban J connectivity index is 2.02. The van der Waals surface area contributed by atoms with Gasteiger partial charge in [-0.3, -0.25) is 9.10 Å². The molecule has 1 aliphatic heterocycles. The minimum Gasteiger partial charge on any atom is -0.437 e. The number of carbonyl (C=O) groups is 1. The molecule has 1 amide bonds. The number of rotatable bonds is 4. The third kappa shape index (κ3) is 4.75. The van der Waals surface area contributed by atoms with Gasteiger partial charge in [-0.1, -0.05) is 6.92 Å². The summed E-state index contributed by atoms with van der Waals surface area (Å²) < 4.78 is 71.7. The van der Waals surface area contributed by atoms with E-state index in [1.54, 1.807) is 13.0 Å². The van der Waals surface area contributed by atoms with Gasteiger partial charge in [-0.15, -0.1) is 0 Å². The van der Waals surface area contributed by atoms with Crippen LogP contribution in [0.15, 0.2) is 34.7 Å². The first-order chi connectivity index (χ1) is 16.3. The molecule has 10 nitrogen and oxygen atoms in total. The lowest BCUT2D eigenvalue weighted by molar-refractivity contribution is 0.0964. The van der Waals surface area contributed by atoms with Gasteiger partial charge < -0.3 is 9.73 Å². The average molecular weight is 525 g/mol. The number of furan rings is 1. The highest BCUT2D eigenvalue weighted by Crippen LogP contribution is 2.39. The van der Waals surface area contributed by atoms with Crippen LogP contribution in [0.5, 0.6) is 0 Å². The van der Waals surface area contributed by atoms with E-state index >= 15 is 0 Å². The van der Waals surface area contributed by atoms with Crippen molar-refractivity contribution in [3.05, 3.63) is 47.3 Å². The van der Waals surface area contributed by atoms with Crippen molar-refractivity contribution in [3.8, 4) is 11.3 Å². The van der Waals surface area contributed by atoms with Gasteiger partial charge >= 0.3 is 0 Å².